The third kappa shape index (κ3) is 4.40. The van der Waals surface area contributed by atoms with Crippen LogP contribution in [0.3, 0.4) is 0 Å². The van der Waals surface area contributed by atoms with E-state index < -0.39 is 0 Å². The molecule has 3 rings (SSSR count). The Morgan fingerprint density at radius 3 is 2.52 bits per heavy atom. The van der Waals surface area contributed by atoms with Crippen molar-refractivity contribution in [1.82, 2.24) is 10.1 Å². The Bertz CT molecular complexity index is 844. The number of hydrogen-bond acceptors (Lipinski definition) is 4. The van der Waals surface area contributed by atoms with Crippen molar-refractivity contribution < 1.29 is 9.63 Å². The molecule has 2 aromatic carbocycles. The van der Waals surface area contributed by atoms with Crippen molar-refractivity contribution in [1.29, 1.82) is 0 Å². The van der Waals surface area contributed by atoms with Crippen molar-refractivity contribution in [2.45, 2.75) is 38.5 Å². The smallest absolute Gasteiger partial charge is 0.226 e. The van der Waals surface area contributed by atoms with Gasteiger partial charge < -0.3 is 9.63 Å². The Morgan fingerprint density at radius 2 is 1.80 bits per heavy atom. The van der Waals surface area contributed by atoms with Crippen LogP contribution in [0.25, 0.3) is 0 Å². The number of nitrogens with zero attached hydrogens (tertiary/aromatic N) is 2. The number of aromatic hydroxyl groups is 1. The van der Waals surface area contributed by atoms with Crippen molar-refractivity contribution in [2.75, 3.05) is 0 Å². The lowest BCUT2D eigenvalue weighted by Crippen LogP contribution is -2.22. The summed E-state index contributed by atoms with van der Waals surface area (Å²) < 4.78 is 5.42. The first-order valence-electron chi connectivity index (χ1n) is 8.28. The van der Waals surface area contributed by atoms with E-state index in [4.69, 9.17) is 16.1 Å². The second-order valence-electron chi connectivity index (χ2n) is 6.84. The zero-order chi connectivity index (χ0) is 17.9. The maximum absolute atomic E-state index is 9.47. The highest BCUT2D eigenvalue weighted by molar-refractivity contribution is 6.32. The summed E-state index contributed by atoms with van der Waals surface area (Å²) in [5.74, 6) is 1.42. The van der Waals surface area contributed by atoms with E-state index in [2.05, 4.69) is 36.1 Å². The monoisotopic (exact) mass is 356 g/mol. The number of benzene rings is 2. The van der Waals surface area contributed by atoms with Gasteiger partial charge in [0.15, 0.2) is 5.82 Å². The highest BCUT2D eigenvalue weighted by Gasteiger charge is 2.27. The first kappa shape index (κ1) is 17.5. The lowest BCUT2D eigenvalue weighted by molar-refractivity contribution is 0.358. The van der Waals surface area contributed by atoms with Crippen LogP contribution in [0.4, 0.5) is 0 Å². The zero-order valence-electron chi connectivity index (χ0n) is 14.4. The Hall–Kier alpha value is -2.33. The van der Waals surface area contributed by atoms with Gasteiger partial charge in [0.25, 0.3) is 0 Å². The van der Waals surface area contributed by atoms with Crippen LogP contribution < -0.4 is 0 Å². The molecule has 0 saturated heterocycles. The van der Waals surface area contributed by atoms with Crippen molar-refractivity contribution in [3.05, 3.63) is 76.4 Å². The van der Waals surface area contributed by atoms with Crippen LogP contribution >= 0.6 is 11.6 Å². The average Bonchev–Trinajstić information content (AvgIpc) is 3.06. The highest BCUT2D eigenvalue weighted by atomic mass is 35.5. The molecule has 1 aromatic heterocycles. The van der Waals surface area contributed by atoms with E-state index in [0.29, 0.717) is 17.3 Å². The summed E-state index contributed by atoms with van der Waals surface area (Å²) >= 11 is 5.94. The van der Waals surface area contributed by atoms with Crippen LogP contribution in [0, 0.1) is 0 Å². The van der Waals surface area contributed by atoms with Gasteiger partial charge in [-0.15, -0.1) is 0 Å². The van der Waals surface area contributed by atoms with E-state index in [-0.39, 0.29) is 11.2 Å². The summed E-state index contributed by atoms with van der Waals surface area (Å²) in [5.41, 5.74) is 2.06. The predicted molar refractivity (Wildman–Crippen MR) is 98.0 cm³/mol. The number of halogens is 1. The van der Waals surface area contributed by atoms with Crippen LogP contribution in [-0.4, -0.2) is 15.2 Å². The maximum atomic E-state index is 9.47. The second kappa shape index (κ2) is 7.28. The van der Waals surface area contributed by atoms with Crippen molar-refractivity contribution in [2.24, 2.45) is 0 Å². The Balaban J connectivity index is 1.66. The molecule has 1 N–H and O–H groups in total. The van der Waals surface area contributed by atoms with Crippen LogP contribution in [-0.2, 0) is 24.7 Å². The summed E-state index contributed by atoms with van der Waals surface area (Å²) in [6.45, 7) is 4.24. The normalized spacial score (nSPS) is 11.6. The van der Waals surface area contributed by atoms with Crippen LogP contribution in [0.5, 0.6) is 5.75 Å². The summed E-state index contributed by atoms with van der Waals surface area (Å²) in [6.07, 6.45) is 2.21. The van der Waals surface area contributed by atoms with Gasteiger partial charge in [0.2, 0.25) is 5.89 Å². The number of phenolic OH excluding ortho intramolecular Hbond substituents is 1. The molecule has 5 heteroatoms. The lowest BCUT2D eigenvalue weighted by Gasteiger charge is -2.20. The molecule has 0 radical (unpaired) electrons. The highest BCUT2D eigenvalue weighted by Crippen LogP contribution is 2.26. The SMILES string of the molecule is CC(C)(Cc1ccccc1)c1noc(CCc2ccc(O)c(Cl)c2)n1. The quantitative estimate of drug-likeness (QED) is 0.693. The molecule has 1 heterocycles. The molecule has 25 heavy (non-hydrogen) atoms. The summed E-state index contributed by atoms with van der Waals surface area (Å²) in [7, 11) is 0. The molecule has 0 aliphatic heterocycles. The molecule has 0 bridgehead atoms. The van der Waals surface area contributed by atoms with Gasteiger partial charge in [-0.05, 0) is 36.1 Å². The Labute approximate surface area is 152 Å². The molecule has 0 spiro atoms. The fourth-order valence-corrected chi connectivity index (χ4v) is 2.98. The van der Waals surface area contributed by atoms with Gasteiger partial charge in [-0.2, -0.15) is 4.98 Å². The van der Waals surface area contributed by atoms with Gasteiger partial charge in [-0.1, -0.05) is 67.0 Å². The average molecular weight is 357 g/mol. The lowest BCUT2D eigenvalue weighted by atomic mass is 9.85. The van der Waals surface area contributed by atoms with Crippen LogP contribution in [0.1, 0.15) is 36.7 Å². The topological polar surface area (TPSA) is 59.2 Å². The van der Waals surface area contributed by atoms with Gasteiger partial charge in [0.05, 0.1) is 5.02 Å². The molecule has 3 aromatic rings. The largest absolute Gasteiger partial charge is 0.506 e. The molecule has 0 aliphatic rings. The standard InChI is InChI=1S/C20H21ClN2O2/c1-20(2,13-15-6-4-3-5-7-15)19-22-18(25-23-19)11-9-14-8-10-17(24)16(21)12-14/h3-8,10,12,24H,9,11,13H2,1-2H3. The molecular weight excluding hydrogens is 336 g/mol. The maximum Gasteiger partial charge on any atom is 0.226 e. The molecule has 0 unspecified atom stereocenters. The molecule has 0 fully saturated rings. The van der Waals surface area contributed by atoms with Gasteiger partial charge >= 0.3 is 0 Å². The summed E-state index contributed by atoms with van der Waals surface area (Å²) in [6, 6.07) is 15.5. The van der Waals surface area contributed by atoms with Crippen molar-refractivity contribution in [3.8, 4) is 5.75 Å². The van der Waals surface area contributed by atoms with Crippen molar-refractivity contribution in [3.63, 3.8) is 0 Å². The zero-order valence-corrected chi connectivity index (χ0v) is 15.1. The Kier molecular flexibility index (Phi) is 5.09. The molecule has 0 atom stereocenters. The molecular formula is C20H21ClN2O2. The molecule has 0 saturated carbocycles. The van der Waals surface area contributed by atoms with Crippen molar-refractivity contribution >= 4 is 11.6 Å². The van der Waals surface area contributed by atoms with Gasteiger partial charge in [0.1, 0.15) is 5.75 Å². The fraction of sp³-hybridized carbons (Fsp3) is 0.300. The first-order valence-corrected chi connectivity index (χ1v) is 8.66. The third-order valence-electron chi connectivity index (χ3n) is 4.20. The number of aromatic nitrogens is 2. The fourth-order valence-electron chi connectivity index (χ4n) is 2.77. The van der Waals surface area contributed by atoms with E-state index >= 15 is 0 Å². The third-order valence-corrected chi connectivity index (χ3v) is 4.50. The number of phenols is 1. The van der Waals surface area contributed by atoms with Gasteiger partial charge in [-0.3, -0.25) is 0 Å². The predicted octanol–water partition coefficient (Wildman–Crippen LogP) is 4.73. The molecule has 0 amide bonds. The first-order chi connectivity index (χ1) is 11.9. The summed E-state index contributed by atoms with van der Waals surface area (Å²) in [4.78, 5) is 4.57. The molecule has 0 aliphatic carbocycles. The minimum Gasteiger partial charge on any atom is -0.506 e. The van der Waals surface area contributed by atoms with Crippen LogP contribution in [0.15, 0.2) is 53.1 Å². The number of aryl methyl sites for hydroxylation is 2. The summed E-state index contributed by atoms with van der Waals surface area (Å²) in [5, 5.41) is 14.0. The van der Waals surface area contributed by atoms with Gasteiger partial charge in [0, 0.05) is 11.8 Å². The minimum absolute atomic E-state index is 0.0909. The Morgan fingerprint density at radius 1 is 1.04 bits per heavy atom. The molecule has 4 nitrogen and oxygen atoms in total. The van der Waals surface area contributed by atoms with E-state index in [1.54, 1.807) is 12.1 Å². The van der Waals surface area contributed by atoms with Gasteiger partial charge in [-0.25, -0.2) is 0 Å². The van der Waals surface area contributed by atoms with E-state index in [9.17, 15) is 5.11 Å². The van der Waals surface area contributed by atoms with Crippen LogP contribution in [0.2, 0.25) is 5.02 Å². The van der Waals surface area contributed by atoms with E-state index in [0.717, 1.165) is 24.2 Å². The second-order valence-corrected chi connectivity index (χ2v) is 7.25. The number of rotatable bonds is 6. The minimum atomic E-state index is -0.203. The number of hydrogen-bond donors (Lipinski definition) is 1. The van der Waals surface area contributed by atoms with E-state index in [1.807, 2.05) is 24.3 Å². The molecule has 130 valence electrons. The van der Waals surface area contributed by atoms with E-state index in [1.165, 1.54) is 5.56 Å².